The molecule has 0 saturated carbocycles. The molecule has 0 bridgehead atoms. The molecule has 3 heteroatoms. The molecular formula is C12H22NO2. The molecule has 87 valence electrons. The summed E-state index contributed by atoms with van der Waals surface area (Å²) in [5.41, 5.74) is -0.382. The van der Waals surface area contributed by atoms with E-state index < -0.39 is 0 Å². The molecule has 1 heterocycles. The van der Waals surface area contributed by atoms with Gasteiger partial charge in [0.1, 0.15) is 11.6 Å². The Labute approximate surface area is 92.8 Å². The van der Waals surface area contributed by atoms with Gasteiger partial charge >= 0.3 is 5.97 Å². The molecule has 0 spiro atoms. The number of piperidine rings is 1. The molecule has 15 heavy (non-hydrogen) atoms. The van der Waals surface area contributed by atoms with Crippen molar-refractivity contribution in [3.8, 4) is 0 Å². The first-order valence-corrected chi connectivity index (χ1v) is 5.69. The van der Waals surface area contributed by atoms with Crippen molar-refractivity contribution < 1.29 is 9.53 Å². The fourth-order valence-electron chi connectivity index (χ4n) is 1.69. The van der Waals surface area contributed by atoms with Crippen LogP contribution in [0.4, 0.5) is 0 Å². The molecule has 1 unspecified atom stereocenters. The van der Waals surface area contributed by atoms with Crippen LogP contribution in [-0.2, 0) is 9.53 Å². The van der Waals surface area contributed by atoms with Gasteiger partial charge in [-0.15, -0.1) is 0 Å². The normalized spacial score (nSPS) is 21.1. The zero-order chi connectivity index (χ0) is 11.5. The minimum atomic E-state index is -0.382. The highest BCUT2D eigenvalue weighted by molar-refractivity contribution is 5.75. The van der Waals surface area contributed by atoms with Gasteiger partial charge in [-0.3, -0.25) is 9.69 Å². The number of likely N-dealkylation sites (tertiary alicyclic amines) is 1. The molecule has 1 aliphatic rings. The quantitative estimate of drug-likeness (QED) is 0.656. The summed E-state index contributed by atoms with van der Waals surface area (Å²) in [6, 6.07) is -0.113. The van der Waals surface area contributed by atoms with Gasteiger partial charge < -0.3 is 4.74 Å². The van der Waals surface area contributed by atoms with Crippen LogP contribution in [0, 0.1) is 6.42 Å². The van der Waals surface area contributed by atoms with Gasteiger partial charge in [0, 0.05) is 0 Å². The summed E-state index contributed by atoms with van der Waals surface area (Å²) in [5.74, 6) is -0.107. The van der Waals surface area contributed by atoms with Crippen LogP contribution in [0.3, 0.4) is 0 Å². The molecule has 1 aliphatic heterocycles. The van der Waals surface area contributed by atoms with Crippen LogP contribution in [0.1, 0.15) is 40.5 Å². The summed E-state index contributed by atoms with van der Waals surface area (Å²) in [4.78, 5) is 14.0. The zero-order valence-electron chi connectivity index (χ0n) is 10.2. The predicted molar refractivity (Wildman–Crippen MR) is 60.4 cm³/mol. The number of hydrogen-bond acceptors (Lipinski definition) is 3. The first kappa shape index (κ1) is 12.5. The minimum absolute atomic E-state index is 0.107. The number of ether oxygens (including phenoxy) is 1. The van der Waals surface area contributed by atoms with Crippen molar-refractivity contribution in [3.05, 3.63) is 6.42 Å². The van der Waals surface area contributed by atoms with Crippen molar-refractivity contribution in [2.45, 2.75) is 52.2 Å². The first-order valence-electron chi connectivity index (χ1n) is 5.69. The molecule has 1 saturated heterocycles. The van der Waals surface area contributed by atoms with Crippen molar-refractivity contribution in [3.63, 3.8) is 0 Å². The van der Waals surface area contributed by atoms with Crippen molar-refractivity contribution in [2.75, 3.05) is 13.1 Å². The van der Waals surface area contributed by atoms with E-state index in [9.17, 15) is 4.79 Å². The second-order valence-electron chi connectivity index (χ2n) is 5.11. The fourth-order valence-corrected chi connectivity index (χ4v) is 1.69. The minimum Gasteiger partial charge on any atom is -0.459 e. The number of carbonyl (C=O) groups excluding carboxylic acids is 1. The fraction of sp³-hybridized carbons (Fsp3) is 0.833. The average Bonchev–Trinajstić information content (AvgIpc) is 2.15. The lowest BCUT2D eigenvalue weighted by Gasteiger charge is -2.32. The van der Waals surface area contributed by atoms with Crippen molar-refractivity contribution in [1.82, 2.24) is 4.90 Å². The number of hydrogen-bond donors (Lipinski definition) is 0. The highest BCUT2D eigenvalue weighted by atomic mass is 16.6. The third-order valence-electron chi connectivity index (χ3n) is 2.54. The van der Waals surface area contributed by atoms with Gasteiger partial charge in [-0.25, -0.2) is 0 Å². The Bertz CT molecular complexity index is 214. The Balaban J connectivity index is 2.44. The van der Waals surface area contributed by atoms with E-state index in [-0.39, 0.29) is 17.6 Å². The van der Waals surface area contributed by atoms with Gasteiger partial charge in [-0.05, 0) is 60.0 Å². The van der Waals surface area contributed by atoms with Crippen LogP contribution in [0.2, 0.25) is 0 Å². The summed E-state index contributed by atoms with van der Waals surface area (Å²) >= 11 is 0. The highest BCUT2D eigenvalue weighted by Crippen LogP contribution is 2.15. The molecule has 0 aromatic carbocycles. The Kier molecular flexibility index (Phi) is 4.14. The van der Waals surface area contributed by atoms with Crippen LogP contribution in [-0.4, -0.2) is 35.6 Å². The van der Waals surface area contributed by atoms with Gasteiger partial charge in [0.2, 0.25) is 0 Å². The summed E-state index contributed by atoms with van der Waals surface area (Å²) in [7, 11) is 0. The molecule has 0 aromatic rings. The molecule has 0 aromatic heterocycles. The molecule has 1 radical (unpaired) electrons. The van der Waals surface area contributed by atoms with E-state index in [1.54, 1.807) is 0 Å². The lowest BCUT2D eigenvalue weighted by atomic mass is 10.1. The third kappa shape index (κ3) is 4.20. The molecule has 0 aliphatic carbocycles. The van der Waals surface area contributed by atoms with Crippen LogP contribution >= 0.6 is 0 Å². The molecule has 1 rings (SSSR count). The Morgan fingerprint density at radius 1 is 1.33 bits per heavy atom. The third-order valence-corrected chi connectivity index (χ3v) is 2.54. The smallest absolute Gasteiger partial charge is 0.323 e. The van der Waals surface area contributed by atoms with Crippen molar-refractivity contribution >= 4 is 5.97 Å². The molecule has 0 N–H and O–H groups in total. The van der Waals surface area contributed by atoms with Crippen LogP contribution in [0.15, 0.2) is 0 Å². The number of nitrogens with zero attached hydrogens (tertiary/aromatic N) is 1. The summed E-state index contributed by atoms with van der Waals surface area (Å²) in [5, 5.41) is 0. The lowest BCUT2D eigenvalue weighted by Crippen LogP contribution is -2.44. The summed E-state index contributed by atoms with van der Waals surface area (Å²) < 4.78 is 5.36. The first-order chi connectivity index (χ1) is 6.90. The summed E-state index contributed by atoms with van der Waals surface area (Å²) in [6.45, 7) is 9.59. The SMILES string of the molecule is CC(C(=O)OC(C)(C)C)N1CC[CH]CC1. The van der Waals surface area contributed by atoms with Crippen LogP contribution in [0.5, 0.6) is 0 Å². The largest absolute Gasteiger partial charge is 0.459 e. The zero-order valence-corrected chi connectivity index (χ0v) is 10.2. The highest BCUT2D eigenvalue weighted by Gasteiger charge is 2.27. The molecule has 0 amide bonds. The Morgan fingerprint density at radius 2 is 1.87 bits per heavy atom. The number of carbonyl (C=O) groups is 1. The van der Waals surface area contributed by atoms with Gasteiger partial charge in [-0.1, -0.05) is 0 Å². The molecule has 1 atom stereocenters. The topological polar surface area (TPSA) is 29.5 Å². The average molecular weight is 212 g/mol. The van der Waals surface area contributed by atoms with Crippen LogP contribution in [0.25, 0.3) is 0 Å². The maximum absolute atomic E-state index is 11.8. The van der Waals surface area contributed by atoms with Gasteiger partial charge in [0.25, 0.3) is 0 Å². The van der Waals surface area contributed by atoms with E-state index in [1.807, 2.05) is 27.7 Å². The predicted octanol–water partition coefficient (Wildman–Crippen LogP) is 2.02. The van der Waals surface area contributed by atoms with Gasteiger partial charge in [0.15, 0.2) is 0 Å². The van der Waals surface area contributed by atoms with Crippen molar-refractivity contribution in [2.24, 2.45) is 0 Å². The van der Waals surface area contributed by atoms with E-state index in [0.717, 1.165) is 25.9 Å². The van der Waals surface area contributed by atoms with E-state index in [0.29, 0.717) is 0 Å². The van der Waals surface area contributed by atoms with Gasteiger partial charge in [0.05, 0.1) is 0 Å². The van der Waals surface area contributed by atoms with E-state index in [4.69, 9.17) is 4.74 Å². The van der Waals surface area contributed by atoms with E-state index in [1.165, 1.54) is 0 Å². The monoisotopic (exact) mass is 212 g/mol. The maximum atomic E-state index is 11.8. The molecule has 3 nitrogen and oxygen atoms in total. The number of rotatable bonds is 2. The van der Waals surface area contributed by atoms with Crippen LogP contribution < -0.4 is 0 Å². The standard InChI is InChI=1S/C12H22NO2/c1-10(11(14)15-12(2,3)4)13-8-6-5-7-9-13/h5,10H,6-9H2,1-4H3. The second-order valence-corrected chi connectivity index (χ2v) is 5.11. The molecule has 1 fully saturated rings. The van der Waals surface area contributed by atoms with Gasteiger partial charge in [-0.2, -0.15) is 0 Å². The number of esters is 1. The van der Waals surface area contributed by atoms with Crippen molar-refractivity contribution in [1.29, 1.82) is 0 Å². The molecular weight excluding hydrogens is 190 g/mol. The van der Waals surface area contributed by atoms with E-state index >= 15 is 0 Å². The Morgan fingerprint density at radius 3 is 2.33 bits per heavy atom. The Hall–Kier alpha value is -0.570. The second kappa shape index (κ2) is 4.97. The summed E-state index contributed by atoms with van der Waals surface area (Å²) in [6.07, 6.45) is 4.43. The van der Waals surface area contributed by atoms with E-state index in [2.05, 4.69) is 11.3 Å². The maximum Gasteiger partial charge on any atom is 0.323 e. The lowest BCUT2D eigenvalue weighted by molar-refractivity contribution is -0.161.